The molecule has 11 atom stereocenters. The van der Waals surface area contributed by atoms with Crippen LogP contribution in [0.15, 0.2) is 48.8 Å². The molecule has 6 rings (SSSR count). The summed E-state index contributed by atoms with van der Waals surface area (Å²) in [6, 6.07) is 8.42. The number of aliphatic hydroxyl groups excluding tert-OH is 2. The molecule has 0 radical (unpaired) electrons. The molecule has 39 heteroatoms. The average Bonchev–Trinajstić information content (AvgIpc) is 1.75. The molecule has 0 spiro atoms. The van der Waals surface area contributed by atoms with Gasteiger partial charge in [-0.1, -0.05) is 55.3 Å². The number of benzene rings is 2. The lowest BCUT2D eigenvalue weighted by atomic mass is 9.84. The minimum absolute atomic E-state index is 0.000925. The third-order valence-electron chi connectivity index (χ3n) is 18.5. The summed E-state index contributed by atoms with van der Waals surface area (Å²) < 4.78 is 92.9. The van der Waals surface area contributed by atoms with E-state index in [0.717, 1.165) is 0 Å². The largest absolute Gasteiger partial charge is 0.467 e. The molecule has 0 saturated carbocycles. The average molecular weight is 1680 g/mol. The first kappa shape index (κ1) is 98.3. The molecule has 4 amide bonds. The highest BCUT2D eigenvalue weighted by Gasteiger charge is 2.50. The lowest BCUT2D eigenvalue weighted by Crippen LogP contribution is -2.55. The number of amides is 4. The number of hydrogen-bond donors (Lipinski definition) is 4. The number of nitrogens with zero attached hydrogens (tertiary/aromatic N) is 7. The molecule has 2 saturated heterocycles. The normalized spacial score (nSPS) is 19.5. The fraction of sp³-hybridized carbons (Fsp3) is 0.662. The van der Waals surface area contributed by atoms with Gasteiger partial charge in [-0.25, -0.2) is 28.5 Å². The molecule has 2 aromatic carbocycles. The van der Waals surface area contributed by atoms with Gasteiger partial charge in [-0.2, -0.15) is 0 Å². The van der Waals surface area contributed by atoms with Crippen molar-refractivity contribution in [3.8, 4) is 11.5 Å². The van der Waals surface area contributed by atoms with E-state index >= 15 is 0 Å². The Hall–Kier alpha value is -9.55. The van der Waals surface area contributed by atoms with Crippen LogP contribution in [0.25, 0.3) is 0 Å². The van der Waals surface area contributed by atoms with E-state index in [0.29, 0.717) is 47.1 Å². The SMILES string of the molecule is COC(=O)[C@H]1O[C@@H](Oc2ccc(CO)cc2C(=O)CCc2cn(CCOCCOCCCC(=O)CC(CC(=O)NCCOCCOCCn3cc(CCC(=O)c4cc(CO)ccc4O[C@@H]4O[C@H](C(=O)OC)[C@@H](OC(C)=O)[C@H](C)[C@H]4C)nn3)NC(=O)COCCOCCON(C(=O)OC(C)(C)C)C(=O)OC(C)(C)C)nn2)[C@H](C)[C@@H](C)[C@@H]1OC(C)=O. The summed E-state index contributed by atoms with van der Waals surface area (Å²) in [5.41, 5.74) is 0.453. The standard InChI is InChI=1S/C80H117N9O30/c1-49-51(3)75(116-71(73(99)103-13)69(49)112-53(5)92)114-65-23-17-55(46-90)40-61(65)63(95)21-19-57-44-87(85-83-57)26-30-107-34-32-105-28-15-16-60(94)42-59(82-68(98)48-110-37-36-109-38-39-111-89(77(101)118-79(7,8)9)78(102)119-80(10,11)12)43-67(97)81-25-29-106-33-35-108-31-27-88-45-58(84-86-88)20-22-64(96)62-41-56(47-91)18-24-66(62)115-76-52(4)50(2)70(113-54(6)93)72(117-76)74(100)104-14/h17-18,23-24,40-41,44-45,49-52,59,69-72,75-76,90-91H,15-16,19-22,25-39,42-43,46-48H2,1-14H3,(H,81,97)(H,82,98)/t49-,50-,51-,52-,59?,69+,70+,71+,72+,75-,76-/m1/s1. The first-order valence-corrected chi connectivity index (χ1v) is 39.5. The monoisotopic (exact) mass is 1680 g/mol. The van der Waals surface area contributed by atoms with Gasteiger partial charge in [-0.05, 0) is 83.4 Å². The number of Topliss-reactive ketones (excluding diaryl/α,β-unsaturated/α-hetero) is 3. The number of ether oxygens (including phenoxy) is 16. The summed E-state index contributed by atoms with van der Waals surface area (Å²) in [6.07, 6.45) is -4.94. The molecule has 2 aliphatic heterocycles. The van der Waals surface area contributed by atoms with E-state index in [2.05, 4.69) is 31.3 Å². The van der Waals surface area contributed by atoms with Gasteiger partial charge in [0.1, 0.15) is 47.3 Å². The predicted octanol–water partition coefficient (Wildman–Crippen LogP) is 5.08. The van der Waals surface area contributed by atoms with Gasteiger partial charge in [0.05, 0.1) is 136 Å². The number of rotatable bonds is 51. The predicted molar refractivity (Wildman–Crippen MR) is 414 cm³/mol. The van der Waals surface area contributed by atoms with Gasteiger partial charge < -0.3 is 96.6 Å². The maximum absolute atomic E-state index is 13.8. The highest BCUT2D eigenvalue weighted by atomic mass is 16.8. The molecule has 2 aliphatic rings. The van der Waals surface area contributed by atoms with Crippen molar-refractivity contribution in [3.05, 3.63) is 82.4 Å². The van der Waals surface area contributed by atoms with Gasteiger partial charge in [0.15, 0.2) is 23.8 Å². The van der Waals surface area contributed by atoms with Crippen LogP contribution < -0.4 is 20.1 Å². The molecule has 1 unspecified atom stereocenters. The van der Waals surface area contributed by atoms with E-state index in [4.69, 9.17) is 80.6 Å². The molecule has 0 bridgehead atoms. The van der Waals surface area contributed by atoms with Crippen LogP contribution in [-0.2, 0) is 144 Å². The second-order valence-corrected chi connectivity index (χ2v) is 30.4. The van der Waals surface area contributed by atoms with E-state index in [9.17, 15) is 63.0 Å². The van der Waals surface area contributed by atoms with Crippen LogP contribution in [0.4, 0.5) is 9.59 Å². The highest BCUT2D eigenvalue weighted by Crippen LogP contribution is 2.38. The van der Waals surface area contributed by atoms with E-state index < -0.39 is 132 Å². The number of aryl methyl sites for hydroxylation is 2. The fourth-order valence-corrected chi connectivity index (χ4v) is 12.1. The third-order valence-corrected chi connectivity index (χ3v) is 18.5. The number of imide groups is 1. The summed E-state index contributed by atoms with van der Waals surface area (Å²) in [5, 5.41) is 42.4. The number of aromatic nitrogens is 6. The minimum Gasteiger partial charge on any atom is -0.467 e. The van der Waals surface area contributed by atoms with Crippen molar-refractivity contribution in [2.45, 2.75) is 215 Å². The van der Waals surface area contributed by atoms with Crippen molar-refractivity contribution >= 4 is 65.2 Å². The van der Waals surface area contributed by atoms with Crippen LogP contribution in [-0.4, -0.2) is 271 Å². The Morgan fingerprint density at radius 3 is 1.39 bits per heavy atom. The molecule has 662 valence electrons. The number of hydroxylamine groups is 2. The number of ketones is 3. The van der Waals surface area contributed by atoms with Crippen LogP contribution in [0.3, 0.4) is 0 Å². The number of esters is 4. The third kappa shape index (κ3) is 34.2. The van der Waals surface area contributed by atoms with Crippen LogP contribution in [0.2, 0.25) is 0 Å². The van der Waals surface area contributed by atoms with E-state index in [1.54, 1.807) is 115 Å². The van der Waals surface area contributed by atoms with E-state index in [-0.39, 0.29) is 184 Å². The smallest absolute Gasteiger partial charge is 0.444 e. The molecule has 2 fully saturated rings. The van der Waals surface area contributed by atoms with Crippen LogP contribution in [0, 0.1) is 23.7 Å². The molecular formula is C80H117N9O30. The summed E-state index contributed by atoms with van der Waals surface area (Å²) in [7, 11) is 2.37. The zero-order valence-corrected chi connectivity index (χ0v) is 70.3. The number of aliphatic hydroxyl groups is 2. The van der Waals surface area contributed by atoms with Crippen molar-refractivity contribution < 1.29 is 144 Å². The summed E-state index contributed by atoms with van der Waals surface area (Å²) in [5.74, 6) is -5.99. The number of carbonyl (C=O) groups is 11. The van der Waals surface area contributed by atoms with Gasteiger partial charge in [0, 0.05) is 114 Å². The quantitative estimate of drug-likeness (QED) is 0.0147. The maximum Gasteiger partial charge on any atom is 0.444 e. The Kier molecular flexibility index (Phi) is 41.2. The Labute approximate surface area is 691 Å². The lowest BCUT2D eigenvalue weighted by Gasteiger charge is -2.42. The zero-order valence-electron chi connectivity index (χ0n) is 70.3. The first-order valence-electron chi connectivity index (χ1n) is 39.5. The second kappa shape index (κ2) is 49.9. The molecule has 39 nitrogen and oxygen atoms in total. The van der Waals surface area contributed by atoms with Crippen molar-refractivity contribution in [2.75, 3.05) is 107 Å². The van der Waals surface area contributed by atoms with Gasteiger partial charge in [0.2, 0.25) is 24.4 Å². The number of carbonyl (C=O) groups excluding carboxylic acids is 11. The number of nitrogens with one attached hydrogen (secondary N) is 2. The maximum atomic E-state index is 13.8. The Morgan fingerprint density at radius 2 is 0.958 bits per heavy atom. The Balaban J connectivity index is 0.898. The molecule has 4 aromatic rings. The lowest BCUT2D eigenvalue weighted by molar-refractivity contribution is -0.243. The van der Waals surface area contributed by atoms with Crippen molar-refractivity contribution in [1.82, 2.24) is 45.7 Å². The van der Waals surface area contributed by atoms with Crippen molar-refractivity contribution in [3.63, 3.8) is 0 Å². The Morgan fingerprint density at radius 1 is 0.529 bits per heavy atom. The van der Waals surface area contributed by atoms with Gasteiger partial charge in [-0.15, -0.1) is 10.2 Å². The molecule has 4 heterocycles. The summed E-state index contributed by atoms with van der Waals surface area (Å²) in [4.78, 5) is 148. The number of hydrogen-bond acceptors (Lipinski definition) is 34. The molecule has 119 heavy (non-hydrogen) atoms. The summed E-state index contributed by atoms with van der Waals surface area (Å²) in [6.45, 7) is 20.1. The van der Waals surface area contributed by atoms with Gasteiger partial charge in [0.25, 0.3) is 0 Å². The van der Waals surface area contributed by atoms with E-state index in [1.165, 1.54) is 40.2 Å². The molecule has 0 aliphatic carbocycles. The van der Waals surface area contributed by atoms with E-state index in [1.807, 2.05) is 0 Å². The first-order chi connectivity index (χ1) is 56.6. The fourth-order valence-electron chi connectivity index (χ4n) is 12.1. The topological polar surface area (TPSA) is 474 Å². The molecule has 4 N–H and O–H groups in total. The van der Waals surface area contributed by atoms with Crippen molar-refractivity contribution in [1.29, 1.82) is 0 Å². The van der Waals surface area contributed by atoms with Crippen LogP contribution in [0.5, 0.6) is 11.5 Å². The summed E-state index contributed by atoms with van der Waals surface area (Å²) >= 11 is 0. The molecular weight excluding hydrogens is 1570 g/mol. The minimum atomic E-state index is -1.29. The van der Waals surface area contributed by atoms with Crippen molar-refractivity contribution in [2.24, 2.45) is 23.7 Å². The zero-order chi connectivity index (χ0) is 87.4. The van der Waals surface area contributed by atoms with Crippen LogP contribution >= 0.6 is 0 Å². The van der Waals surface area contributed by atoms with Gasteiger partial charge >= 0.3 is 36.1 Å². The van der Waals surface area contributed by atoms with Crippen LogP contribution in [0.1, 0.15) is 165 Å². The second-order valence-electron chi connectivity index (χ2n) is 30.4. The number of methoxy groups -OCH3 is 2. The van der Waals surface area contributed by atoms with Gasteiger partial charge in [-0.3, -0.25) is 38.4 Å². The Bertz CT molecular complexity index is 3700. The highest BCUT2D eigenvalue weighted by molar-refractivity contribution is 5.99. The molecule has 2 aromatic heterocycles.